The SMILES string of the molecule is CCN(C/C(N)=N/O)C(=O)c1ncccc1Br. The van der Waals surface area contributed by atoms with Gasteiger partial charge in [-0.2, -0.15) is 0 Å². The molecule has 1 aromatic heterocycles. The standard InChI is InChI=1S/C10H13BrN4O2/c1-2-15(6-8(12)14-17)10(16)9-7(11)4-3-5-13-9/h3-5,17H,2,6H2,1H3,(H2,12,14). The Morgan fingerprint density at radius 3 is 2.94 bits per heavy atom. The molecule has 0 aliphatic heterocycles. The number of carbonyl (C=O) groups is 1. The van der Waals surface area contributed by atoms with E-state index in [1.807, 2.05) is 0 Å². The van der Waals surface area contributed by atoms with Crippen LogP contribution in [0.15, 0.2) is 28.0 Å². The van der Waals surface area contributed by atoms with E-state index in [0.29, 0.717) is 16.7 Å². The molecule has 0 aromatic carbocycles. The van der Waals surface area contributed by atoms with Crippen LogP contribution in [-0.4, -0.2) is 39.9 Å². The van der Waals surface area contributed by atoms with Gasteiger partial charge < -0.3 is 15.8 Å². The van der Waals surface area contributed by atoms with E-state index in [9.17, 15) is 4.79 Å². The summed E-state index contributed by atoms with van der Waals surface area (Å²) in [5.41, 5.74) is 5.68. The van der Waals surface area contributed by atoms with Crippen LogP contribution in [0.1, 0.15) is 17.4 Å². The molecule has 7 heteroatoms. The molecule has 1 aromatic rings. The summed E-state index contributed by atoms with van der Waals surface area (Å²) >= 11 is 3.26. The Bertz CT molecular complexity index is 436. The van der Waals surface area contributed by atoms with E-state index in [4.69, 9.17) is 10.9 Å². The van der Waals surface area contributed by atoms with Crippen molar-refractivity contribution in [1.82, 2.24) is 9.88 Å². The fourth-order valence-electron chi connectivity index (χ4n) is 1.25. The van der Waals surface area contributed by atoms with Crippen molar-refractivity contribution in [3.05, 3.63) is 28.5 Å². The molecule has 0 unspecified atom stereocenters. The van der Waals surface area contributed by atoms with Gasteiger partial charge in [-0.3, -0.25) is 4.79 Å². The summed E-state index contributed by atoms with van der Waals surface area (Å²) in [4.78, 5) is 17.5. The first-order valence-electron chi connectivity index (χ1n) is 4.96. The number of amides is 1. The van der Waals surface area contributed by atoms with Gasteiger partial charge in [0, 0.05) is 17.2 Å². The Labute approximate surface area is 107 Å². The number of nitrogens with zero attached hydrogens (tertiary/aromatic N) is 3. The van der Waals surface area contributed by atoms with Gasteiger partial charge in [-0.05, 0) is 35.0 Å². The van der Waals surface area contributed by atoms with Gasteiger partial charge in [-0.15, -0.1) is 0 Å². The summed E-state index contributed by atoms with van der Waals surface area (Å²) in [6, 6.07) is 3.46. The van der Waals surface area contributed by atoms with Crippen LogP contribution < -0.4 is 5.73 Å². The highest BCUT2D eigenvalue weighted by Gasteiger charge is 2.18. The van der Waals surface area contributed by atoms with Gasteiger partial charge in [0.1, 0.15) is 5.69 Å². The number of hydrogen-bond acceptors (Lipinski definition) is 4. The quantitative estimate of drug-likeness (QED) is 0.376. The van der Waals surface area contributed by atoms with Gasteiger partial charge in [-0.1, -0.05) is 5.16 Å². The maximum atomic E-state index is 12.1. The second-order valence-corrected chi connectivity index (χ2v) is 4.10. The smallest absolute Gasteiger partial charge is 0.274 e. The predicted molar refractivity (Wildman–Crippen MR) is 66.9 cm³/mol. The number of rotatable bonds is 4. The van der Waals surface area contributed by atoms with Gasteiger partial charge in [0.2, 0.25) is 0 Å². The molecule has 0 radical (unpaired) electrons. The molecule has 0 saturated heterocycles. The van der Waals surface area contributed by atoms with E-state index in [-0.39, 0.29) is 18.3 Å². The minimum Gasteiger partial charge on any atom is -0.409 e. The lowest BCUT2D eigenvalue weighted by Gasteiger charge is -2.19. The lowest BCUT2D eigenvalue weighted by molar-refractivity contribution is 0.0779. The van der Waals surface area contributed by atoms with Crippen molar-refractivity contribution < 1.29 is 10.0 Å². The molecule has 1 amide bonds. The molecule has 0 atom stereocenters. The molecule has 0 bridgehead atoms. The zero-order chi connectivity index (χ0) is 12.8. The first-order valence-corrected chi connectivity index (χ1v) is 5.75. The second-order valence-electron chi connectivity index (χ2n) is 3.24. The van der Waals surface area contributed by atoms with Crippen LogP contribution in [0.5, 0.6) is 0 Å². The number of nitrogens with two attached hydrogens (primary N) is 1. The van der Waals surface area contributed by atoms with Crippen molar-refractivity contribution in [3.63, 3.8) is 0 Å². The van der Waals surface area contributed by atoms with Gasteiger partial charge in [0.05, 0.1) is 6.54 Å². The highest BCUT2D eigenvalue weighted by molar-refractivity contribution is 9.10. The van der Waals surface area contributed by atoms with E-state index in [2.05, 4.69) is 26.1 Å². The van der Waals surface area contributed by atoms with Crippen molar-refractivity contribution in [2.24, 2.45) is 10.9 Å². The van der Waals surface area contributed by atoms with Crippen molar-refractivity contribution in [2.45, 2.75) is 6.92 Å². The van der Waals surface area contributed by atoms with Crippen molar-refractivity contribution >= 4 is 27.7 Å². The molecule has 92 valence electrons. The molecule has 17 heavy (non-hydrogen) atoms. The normalized spacial score (nSPS) is 11.3. The molecule has 1 rings (SSSR count). The molecular weight excluding hydrogens is 288 g/mol. The number of likely N-dealkylation sites (N-methyl/N-ethyl adjacent to an activating group) is 1. The average molecular weight is 301 g/mol. The van der Waals surface area contributed by atoms with Gasteiger partial charge in [0.15, 0.2) is 5.84 Å². The summed E-state index contributed by atoms with van der Waals surface area (Å²) in [6.45, 7) is 2.31. The molecule has 0 spiro atoms. The third-order valence-electron chi connectivity index (χ3n) is 2.11. The number of pyridine rings is 1. The Morgan fingerprint density at radius 2 is 2.41 bits per heavy atom. The highest BCUT2D eigenvalue weighted by atomic mass is 79.9. The Kier molecular flexibility index (Phi) is 4.89. The van der Waals surface area contributed by atoms with E-state index in [1.165, 1.54) is 11.1 Å². The predicted octanol–water partition coefficient (Wildman–Crippen LogP) is 1.05. The minimum atomic E-state index is -0.272. The zero-order valence-corrected chi connectivity index (χ0v) is 10.9. The monoisotopic (exact) mass is 300 g/mol. The van der Waals surface area contributed by atoms with Crippen LogP contribution >= 0.6 is 15.9 Å². The Balaban J connectivity index is 2.91. The van der Waals surface area contributed by atoms with Gasteiger partial charge in [-0.25, -0.2) is 4.98 Å². The zero-order valence-electron chi connectivity index (χ0n) is 9.30. The molecule has 1 heterocycles. The molecule has 3 N–H and O–H groups in total. The molecule has 6 nitrogen and oxygen atoms in total. The molecule has 0 fully saturated rings. The summed E-state index contributed by atoms with van der Waals surface area (Å²) in [6.07, 6.45) is 1.54. The maximum Gasteiger partial charge on any atom is 0.274 e. The highest BCUT2D eigenvalue weighted by Crippen LogP contribution is 2.15. The van der Waals surface area contributed by atoms with Crippen molar-refractivity contribution in [2.75, 3.05) is 13.1 Å². The number of halogens is 1. The fraction of sp³-hybridized carbons (Fsp3) is 0.300. The van der Waals surface area contributed by atoms with Crippen LogP contribution in [0, 0.1) is 0 Å². The van der Waals surface area contributed by atoms with Gasteiger partial charge >= 0.3 is 0 Å². The lowest BCUT2D eigenvalue weighted by Crippen LogP contribution is -2.38. The Hall–Kier alpha value is -1.63. The van der Waals surface area contributed by atoms with Crippen molar-refractivity contribution in [1.29, 1.82) is 0 Å². The Morgan fingerprint density at radius 1 is 1.71 bits per heavy atom. The first kappa shape index (κ1) is 13.4. The average Bonchev–Trinajstić information content (AvgIpc) is 2.35. The second kappa shape index (κ2) is 6.19. The number of hydrogen-bond donors (Lipinski definition) is 2. The number of amidine groups is 1. The molecule has 0 aliphatic rings. The van der Waals surface area contributed by atoms with Crippen LogP contribution in [0.3, 0.4) is 0 Å². The number of oxime groups is 1. The third-order valence-corrected chi connectivity index (χ3v) is 2.75. The molecule has 0 aliphatic carbocycles. The van der Waals surface area contributed by atoms with Crippen LogP contribution in [0.4, 0.5) is 0 Å². The van der Waals surface area contributed by atoms with Gasteiger partial charge in [0.25, 0.3) is 5.91 Å². The summed E-state index contributed by atoms with van der Waals surface area (Å²) in [7, 11) is 0. The maximum absolute atomic E-state index is 12.1. The summed E-state index contributed by atoms with van der Waals surface area (Å²) in [5, 5.41) is 11.3. The fourth-order valence-corrected chi connectivity index (χ4v) is 1.67. The minimum absolute atomic E-state index is 0.0211. The van der Waals surface area contributed by atoms with E-state index < -0.39 is 0 Å². The van der Waals surface area contributed by atoms with Crippen LogP contribution in [0.25, 0.3) is 0 Å². The first-order chi connectivity index (χ1) is 8.10. The lowest BCUT2D eigenvalue weighted by atomic mass is 10.3. The van der Waals surface area contributed by atoms with Crippen LogP contribution in [0.2, 0.25) is 0 Å². The topological polar surface area (TPSA) is 91.8 Å². The third kappa shape index (κ3) is 3.42. The summed E-state index contributed by atoms with van der Waals surface area (Å²) in [5.74, 6) is -0.293. The molecule has 0 saturated carbocycles. The van der Waals surface area contributed by atoms with E-state index >= 15 is 0 Å². The largest absolute Gasteiger partial charge is 0.409 e. The summed E-state index contributed by atoms with van der Waals surface area (Å²) < 4.78 is 0.614. The van der Waals surface area contributed by atoms with E-state index in [0.717, 1.165) is 0 Å². The van der Waals surface area contributed by atoms with Crippen molar-refractivity contribution in [3.8, 4) is 0 Å². The molecular formula is C10H13BrN4O2. The van der Waals surface area contributed by atoms with E-state index in [1.54, 1.807) is 19.1 Å². The number of aromatic nitrogens is 1. The number of carbonyl (C=O) groups excluding carboxylic acids is 1. The van der Waals surface area contributed by atoms with Crippen LogP contribution in [-0.2, 0) is 0 Å².